The highest BCUT2D eigenvalue weighted by atomic mass is 35.5. The van der Waals surface area contributed by atoms with Gasteiger partial charge in [0.05, 0.1) is 10.8 Å². The van der Waals surface area contributed by atoms with Crippen LogP contribution in [0.3, 0.4) is 0 Å². The minimum Gasteiger partial charge on any atom is -0.335 e. The highest BCUT2D eigenvalue weighted by molar-refractivity contribution is 7.99. The Morgan fingerprint density at radius 1 is 1.31 bits per heavy atom. The SMILES string of the molecule is Cc1ccc(F)cc1NC(=O)CSc1nnc(-c2ccccc2Cl)n1N. The molecule has 2 aromatic carbocycles. The summed E-state index contributed by atoms with van der Waals surface area (Å²) in [5.41, 5.74) is 1.85. The number of nitrogens with one attached hydrogen (secondary N) is 1. The quantitative estimate of drug-likeness (QED) is 0.513. The number of hydrogen-bond donors (Lipinski definition) is 2. The van der Waals surface area contributed by atoms with Gasteiger partial charge in [0, 0.05) is 11.3 Å². The fourth-order valence-corrected chi connectivity index (χ4v) is 3.12. The highest BCUT2D eigenvalue weighted by Gasteiger charge is 2.16. The molecule has 0 saturated carbocycles. The van der Waals surface area contributed by atoms with Crippen molar-refractivity contribution in [1.29, 1.82) is 0 Å². The molecule has 0 unspecified atom stereocenters. The van der Waals surface area contributed by atoms with Crippen molar-refractivity contribution in [3.63, 3.8) is 0 Å². The maximum atomic E-state index is 13.3. The molecule has 3 N–H and O–H groups in total. The predicted molar refractivity (Wildman–Crippen MR) is 101 cm³/mol. The normalized spacial score (nSPS) is 10.7. The number of anilines is 1. The first-order valence-electron chi connectivity index (χ1n) is 7.60. The van der Waals surface area contributed by atoms with Crippen molar-refractivity contribution >= 4 is 35.0 Å². The number of thioether (sulfide) groups is 1. The first-order chi connectivity index (χ1) is 12.5. The van der Waals surface area contributed by atoms with Crippen molar-refractivity contribution in [3.8, 4) is 11.4 Å². The molecule has 0 atom stereocenters. The van der Waals surface area contributed by atoms with E-state index in [9.17, 15) is 9.18 Å². The van der Waals surface area contributed by atoms with Crippen LogP contribution >= 0.6 is 23.4 Å². The van der Waals surface area contributed by atoms with Gasteiger partial charge in [0.1, 0.15) is 5.82 Å². The number of nitrogens with zero attached hydrogens (tertiary/aromatic N) is 3. The molecule has 0 spiro atoms. The summed E-state index contributed by atoms with van der Waals surface area (Å²) in [6.07, 6.45) is 0. The van der Waals surface area contributed by atoms with Gasteiger partial charge in [-0.05, 0) is 36.8 Å². The van der Waals surface area contributed by atoms with Crippen molar-refractivity contribution in [2.45, 2.75) is 12.1 Å². The third-order valence-electron chi connectivity index (χ3n) is 3.59. The average molecular weight is 392 g/mol. The molecule has 1 heterocycles. The fourth-order valence-electron chi connectivity index (χ4n) is 2.25. The van der Waals surface area contributed by atoms with Gasteiger partial charge in [0.25, 0.3) is 0 Å². The van der Waals surface area contributed by atoms with E-state index in [1.807, 2.05) is 6.07 Å². The summed E-state index contributed by atoms with van der Waals surface area (Å²) >= 11 is 7.27. The lowest BCUT2D eigenvalue weighted by Crippen LogP contribution is -2.17. The van der Waals surface area contributed by atoms with E-state index in [4.69, 9.17) is 17.4 Å². The number of rotatable bonds is 5. The van der Waals surface area contributed by atoms with Gasteiger partial charge < -0.3 is 11.2 Å². The van der Waals surface area contributed by atoms with Crippen LogP contribution in [0.15, 0.2) is 47.6 Å². The van der Waals surface area contributed by atoms with Crippen molar-refractivity contribution in [2.75, 3.05) is 16.9 Å². The second kappa shape index (κ2) is 7.76. The van der Waals surface area contributed by atoms with E-state index in [-0.39, 0.29) is 11.7 Å². The molecule has 0 aliphatic heterocycles. The molecule has 0 aliphatic carbocycles. The number of carbonyl (C=O) groups is 1. The zero-order valence-electron chi connectivity index (χ0n) is 13.7. The highest BCUT2D eigenvalue weighted by Crippen LogP contribution is 2.27. The van der Waals surface area contributed by atoms with E-state index in [0.29, 0.717) is 27.3 Å². The number of amides is 1. The van der Waals surface area contributed by atoms with Gasteiger partial charge in [-0.15, -0.1) is 10.2 Å². The molecular formula is C17H15ClFN5OS. The number of hydrogen-bond acceptors (Lipinski definition) is 5. The van der Waals surface area contributed by atoms with E-state index in [0.717, 1.165) is 17.3 Å². The van der Waals surface area contributed by atoms with Crippen LogP contribution in [-0.2, 0) is 4.79 Å². The molecule has 26 heavy (non-hydrogen) atoms. The third-order valence-corrected chi connectivity index (χ3v) is 4.86. The lowest BCUT2D eigenvalue weighted by molar-refractivity contribution is -0.113. The minimum atomic E-state index is -0.412. The third kappa shape index (κ3) is 3.97. The first kappa shape index (κ1) is 18.2. The Labute approximate surface area is 158 Å². The van der Waals surface area contributed by atoms with Crippen molar-refractivity contribution in [3.05, 3.63) is 58.9 Å². The fraction of sp³-hybridized carbons (Fsp3) is 0.118. The Morgan fingerprint density at radius 3 is 2.85 bits per heavy atom. The van der Waals surface area contributed by atoms with Crippen LogP contribution in [0.5, 0.6) is 0 Å². The van der Waals surface area contributed by atoms with E-state index in [1.165, 1.54) is 16.8 Å². The van der Waals surface area contributed by atoms with Gasteiger partial charge in [-0.1, -0.05) is 41.6 Å². The van der Waals surface area contributed by atoms with Crippen LogP contribution in [0.25, 0.3) is 11.4 Å². The molecular weight excluding hydrogens is 377 g/mol. The summed E-state index contributed by atoms with van der Waals surface area (Å²) in [4.78, 5) is 12.1. The summed E-state index contributed by atoms with van der Waals surface area (Å²) in [5.74, 6) is 5.76. The second-order valence-electron chi connectivity index (χ2n) is 5.45. The van der Waals surface area contributed by atoms with Gasteiger partial charge in [0.2, 0.25) is 11.1 Å². The molecule has 0 bridgehead atoms. The number of carbonyl (C=O) groups excluding carboxylic acids is 1. The van der Waals surface area contributed by atoms with E-state index in [2.05, 4.69) is 15.5 Å². The Hall–Kier alpha value is -2.58. The topological polar surface area (TPSA) is 85.8 Å². The van der Waals surface area contributed by atoms with Crippen molar-refractivity contribution in [2.24, 2.45) is 0 Å². The molecule has 1 amide bonds. The summed E-state index contributed by atoms with van der Waals surface area (Å²) in [6, 6.07) is 11.3. The lowest BCUT2D eigenvalue weighted by Gasteiger charge is -2.08. The van der Waals surface area contributed by atoms with Crippen LogP contribution in [0.4, 0.5) is 10.1 Å². The van der Waals surface area contributed by atoms with E-state index >= 15 is 0 Å². The number of nitrogens with two attached hydrogens (primary N) is 1. The Bertz CT molecular complexity index is 962. The van der Waals surface area contributed by atoms with Crippen LogP contribution in [0.1, 0.15) is 5.56 Å². The smallest absolute Gasteiger partial charge is 0.234 e. The van der Waals surface area contributed by atoms with Crippen LogP contribution in [-0.4, -0.2) is 26.5 Å². The molecule has 9 heteroatoms. The maximum Gasteiger partial charge on any atom is 0.234 e. The monoisotopic (exact) mass is 391 g/mol. The molecule has 0 radical (unpaired) electrons. The Kier molecular flexibility index (Phi) is 5.43. The zero-order chi connectivity index (χ0) is 18.7. The van der Waals surface area contributed by atoms with E-state index in [1.54, 1.807) is 31.2 Å². The van der Waals surface area contributed by atoms with Gasteiger partial charge in [-0.25, -0.2) is 9.07 Å². The van der Waals surface area contributed by atoms with Crippen molar-refractivity contribution < 1.29 is 9.18 Å². The van der Waals surface area contributed by atoms with Gasteiger partial charge in [-0.3, -0.25) is 4.79 Å². The Morgan fingerprint density at radius 2 is 2.08 bits per heavy atom. The molecule has 3 rings (SSSR count). The van der Waals surface area contributed by atoms with Gasteiger partial charge in [0.15, 0.2) is 5.82 Å². The molecule has 0 saturated heterocycles. The Balaban J connectivity index is 1.68. The lowest BCUT2D eigenvalue weighted by atomic mass is 10.2. The van der Waals surface area contributed by atoms with Gasteiger partial charge >= 0.3 is 0 Å². The molecule has 0 fully saturated rings. The molecule has 0 aliphatic rings. The second-order valence-corrected chi connectivity index (χ2v) is 6.80. The summed E-state index contributed by atoms with van der Waals surface area (Å²) in [5, 5.41) is 11.6. The van der Waals surface area contributed by atoms with Gasteiger partial charge in [-0.2, -0.15) is 0 Å². The van der Waals surface area contributed by atoms with E-state index < -0.39 is 5.82 Å². The summed E-state index contributed by atoms with van der Waals surface area (Å²) in [6.45, 7) is 1.79. The summed E-state index contributed by atoms with van der Waals surface area (Å²) < 4.78 is 14.6. The average Bonchev–Trinajstić information content (AvgIpc) is 2.97. The summed E-state index contributed by atoms with van der Waals surface area (Å²) in [7, 11) is 0. The van der Waals surface area contributed by atoms with Crippen molar-refractivity contribution in [1.82, 2.24) is 14.9 Å². The zero-order valence-corrected chi connectivity index (χ0v) is 15.3. The number of benzene rings is 2. The minimum absolute atomic E-state index is 0.0494. The van der Waals surface area contributed by atoms with Crippen LogP contribution in [0.2, 0.25) is 5.02 Å². The predicted octanol–water partition coefficient (Wildman–Crippen LogP) is 3.49. The molecule has 1 aromatic heterocycles. The number of aryl methyl sites for hydroxylation is 1. The number of aromatic nitrogens is 3. The largest absolute Gasteiger partial charge is 0.335 e. The van der Waals surface area contributed by atoms with Crippen LogP contribution < -0.4 is 11.2 Å². The first-order valence-corrected chi connectivity index (χ1v) is 8.96. The standard InChI is InChI=1S/C17H15ClFN5OS/c1-10-6-7-11(19)8-14(10)21-15(25)9-26-17-23-22-16(24(17)20)12-4-2-3-5-13(12)18/h2-8H,9,20H2,1H3,(H,21,25). The molecule has 134 valence electrons. The number of nitrogen functional groups attached to an aromatic ring is 1. The van der Waals surface area contributed by atoms with Crippen LogP contribution in [0, 0.1) is 12.7 Å². The molecule has 6 nitrogen and oxygen atoms in total. The maximum absolute atomic E-state index is 13.3. The molecule has 3 aromatic rings. The number of halogens is 2.